The highest BCUT2D eigenvalue weighted by molar-refractivity contribution is 6.33. The smallest absolute Gasteiger partial charge is 0.255 e. The number of nitrogens with zero attached hydrogens (tertiary/aromatic N) is 2. The molecule has 2 saturated heterocycles. The molecule has 0 bridgehead atoms. The quantitative estimate of drug-likeness (QED) is 0.609. The lowest BCUT2D eigenvalue weighted by molar-refractivity contribution is -0.128. The summed E-state index contributed by atoms with van der Waals surface area (Å²) in [5.74, 6) is 1.49. The molecule has 2 fully saturated rings. The highest BCUT2D eigenvalue weighted by Gasteiger charge is 2.28. The fourth-order valence-electron chi connectivity index (χ4n) is 4.11. The summed E-state index contributed by atoms with van der Waals surface area (Å²) in [6, 6.07) is 7.52. The molecule has 1 unspecified atom stereocenters. The molecule has 0 saturated carbocycles. The molecule has 0 aromatic carbocycles. The zero-order chi connectivity index (χ0) is 22.6. The van der Waals surface area contributed by atoms with Crippen LogP contribution in [0.25, 0.3) is 11.3 Å². The Labute approximate surface area is 193 Å². The van der Waals surface area contributed by atoms with Crippen LogP contribution in [0.4, 0.5) is 11.6 Å². The lowest BCUT2D eigenvalue weighted by atomic mass is 9.88. The van der Waals surface area contributed by atoms with Gasteiger partial charge in [-0.1, -0.05) is 17.7 Å². The predicted octanol–water partition coefficient (Wildman–Crippen LogP) is 3.34. The highest BCUT2D eigenvalue weighted by Crippen LogP contribution is 2.30. The van der Waals surface area contributed by atoms with E-state index in [1.165, 1.54) is 6.20 Å². The van der Waals surface area contributed by atoms with Crippen molar-refractivity contribution in [2.45, 2.75) is 38.4 Å². The van der Waals surface area contributed by atoms with Gasteiger partial charge in [-0.2, -0.15) is 0 Å². The Morgan fingerprint density at radius 3 is 2.97 bits per heavy atom. The summed E-state index contributed by atoms with van der Waals surface area (Å²) >= 11 is 6.41. The van der Waals surface area contributed by atoms with E-state index in [1.54, 1.807) is 6.07 Å². The van der Waals surface area contributed by atoms with Gasteiger partial charge in [-0.25, -0.2) is 9.97 Å². The SMILES string of the molecule is CC1(C)CC(CNc2cccc(-c3cc(NC(=O)[C@H]4CNCCO4)ncc3Cl)n2)CCO1. The molecule has 4 rings (SSSR count). The molecule has 8 nitrogen and oxygen atoms in total. The number of rotatable bonds is 6. The van der Waals surface area contributed by atoms with Crippen molar-refractivity contribution in [1.82, 2.24) is 15.3 Å². The standard InChI is InChI=1S/C23H30ClN5O3/c1-23(2)11-15(6-8-32-23)12-26-20-5-3-4-18(28-20)16-10-21(27-13-17(16)24)29-22(30)19-14-25-7-9-31-19/h3-5,10,13,15,19,25H,6-9,11-12,14H2,1-2H3,(H,26,28)(H,27,29,30)/t15?,19-/m1/s1. The number of halogens is 1. The Balaban J connectivity index is 1.43. The number of carbonyl (C=O) groups is 1. The molecule has 172 valence electrons. The number of nitrogens with one attached hydrogen (secondary N) is 3. The largest absolute Gasteiger partial charge is 0.376 e. The van der Waals surface area contributed by atoms with Crippen molar-refractivity contribution < 1.29 is 14.3 Å². The number of morpholine rings is 1. The first-order valence-corrected chi connectivity index (χ1v) is 11.4. The average Bonchev–Trinajstić information content (AvgIpc) is 2.79. The maximum atomic E-state index is 12.5. The van der Waals surface area contributed by atoms with Crippen LogP contribution >= 0.6 is 11.6 Å². The van der Waals surface area contributed by atoms with Crippen molar-refractivity contribution in [2.75, 3.05) is 43.5 Å². The van der Waals surface area contributed by atoms with Gasteiger partial charge in [0.2, 0.25) is 0 Å². The van der Waals surface area contributed by atoms with Gasteiger partial charge in [-0.15, -0.1) is 0 Å². The molecule has 0 radical (unpaired) electrons. The van der Waals surface area contributed by atoms with Crippen LogP contribution in [0.2, 0.25) is 5.02 Å². The van der Waals surface area contributed by atoms with Crippen LogP contribution in [-0.4, -0.2) is 60.4 Å². The molecule has 0 aliphatic carbocycles. The lowest BCUT2D eigenvalue weighted by Gasteiger charge is -2.35. The Kier molecular flexibility index (Phi) is 7.25. The fraction of sp³-hybridized carbons (Fsp3) is 0.522. The van der Waals surface area contributed by atoms with Gasteiger partial charge in [0.05, 0.1) is 22.9 Å². The van der Waals surface area contributed by atoms with E-state index in [2.05, 4.69) is 34.8 Å². The van der Waals surface area contributed by atoms with E-state index in [-0.39, 0.29) is 11.5 Å². The van der Waals surface area contributed by atoms with Crippen LogP contribution < -0.4 is 16.0 Å². The average molecular weight is 460 g/mol. The second-order valence-electron chi connectivity index (χ2n) is 8.86. The van der Waals surface area contributed by atoms with Gasteiger partial charge in [-0.05, 0) is 50.8 Å². The van der Waals surface area contributed by atoms with Crippen LogP contribution in [0.1, 0.15) is 26.7 Å². The zero-order valence-electron chi connectivity index (χ0n) is 18.5. The van der Waals surface area contributed by atoms with Crippen molar-refractivity contribution in [3.8, 4) is 11.3 Å². The van der Waals surface area contributed by atoms with E-state index in [1.807, 2.05) is 18.2 Å². The Morgan fingerprint density at radius 1 is 1.31 bits per heavy atom. The van der Waals surface area contributed by atoms with Gasteiger partial charge in [0.1, 0.15) is 17.7 Å². The van der Waals surface area contributed by atoms with Crippen molar-refractivity contribution >= 4 is 29.1 Å². The molecular weight excluding hydrogens is 430 g/mol. The summed E-state index contributed by atoms with van der Waals surface area (Å²) in [5.41, 5.74) is 1.33. The van der Waals surface area contributed by atoms with E-state index in [9.17, 15) is 4.79 Å². The van der Waals surface area contributed by atoms with Crippen molar-refractivity contribution in [3.05, 3.63) is 35.5 Å². The molecule has 2 aromatic rings. The first-order chi connectivity index (χ1) is 15.4. The van der Waals surface area contributed by atoms with E-state index < -0.39 is 6.10 Å². The summed E-state index contributed by atoms with van der Waals surface area (Å²) in [6.07, 6.45) is 3.04. The topological polar surface area (TPSA) is 97.4 Å². The molecule has 32 heavy (non-hydrogen) atoms. The lowest BCUT2D eigenvalue weighted by Crippen LogP contribution is -2.45. The van der Waals surface area contributed by atoms with Crippen molar-refractivity contribution in [1.29, 1.82) is 0 Å². The maximum Gasteiger partial charge on any atom is 0.255 e. The summed E-state index contributed by atoms with van der Waals surface area (Å²) in [4.78, 5) is 21.4. The summed E-state index contributed by atoms with van der Waals surface area (Å²) in [5, 5.41) is 9.87. The van der Waals surface area contributed by atoms with Gasteiger partial charge in [-0.3, -0.25) is 4.79 Å². The molecule has 2 aliphatic rings. The Hall–Kier alpha value is -2.26. The number of hydrogen-bond donors (Lipinski definition) is 3. The van der Waals surface area contributed by atoms with E-state index in [4.69, 9.17) is 26.1 Å². The van der Waals surface area contributed by atoms with Gasteiger partial charge >= 0.3 is 0 Å². The summed E-state index contributed by atoms with van der Waals surface area (Å²) < 4.78 is 11.3. The molecule has 0 spiro atoms. The molecule has 4 heterocycles. The number of amides is 1. The van der Waals surface area contributed by atoms with E-state index >= 15 is 0 Å². The van der Waals surface area contributed by atoms with Crippen LogP contribution in [0.3, 0.4) is 0 Å². The second kappa shape index (κ2) is 10.1. The minimum atomic E-state index is -0.537. The predicted molar refractivity (Wildman–Crippen MR) is 125 cm³/mol. The molecule has 1 amide bonds. The number of pyridine rings is 2. The number of aromatic nitrogens is 2. The fourth-order valence-corrected chi connectivity index (χ4v) is 4.31. The first-order valence-electron chi connectivity index (χ1n) is 11.0. The minimum absolute atomic E-state index is 0.0794. The molecular formula is C23H30ClN5O3. The summed E-state index contributed by atoms with van der Waals surface area (Å²) in [7, 11) is 0. The maximum absolute atomic E-state index is 12.5. The van der Waals surface area contributed by atoms with Crippen LogP contribution in [-0.2, 0) is 14.3 Å². The third-order valence-corrected chi connectivity index (χ3v) is 6.02. The van der Waals surface area contributed by atoms with Crippen molar-refractivity contribution in [3.63, 3.8) is 0 Å². The van der Waals surface area contributed by atoms with Crippen LogP contribution in [0.15, 0.2) is 30.5 Å². The Morgan fingerprint density at radius 2 is 2.19 bits per heavy atom. The molecule has 3 N–H and O–H groups in total. The normalized spacial score (nSPS) is 22.8. The number of anilines is 2. The number of carbonyl (C=O) groups excluding carboxylic acids is 1. The van der Waals surface area contributed by atoms with Crippen LogP contribution in [0.5, 0.6) is 0 Å². The van der Waals surface area contributed by atoms with Gasteiger partial charge < -0.3 is 25.4 Å². The Bertz CT molecular complexity index is 949. The van der Waals surface area contributed by atoms with Crippen molar-refractivity contribution in [2.24, 2.45) is 5.92 Å². The molecule has 2 aliphatic heterocycles. The minimum Gasteiger partial charge on any atom is -0.376 e. The third-order valence-electron chi connectivity index (χ3n) is 5.72. The molecule has 2 atom stereocenters. The van der Waals surface area contributed by atoms with Gasteiger partial charge in [0.15, 0.2) is 0 Å². The summed E-state index contributed by atoms with van der Waals surface area (Å²) in [6.45, 7) is 7.63. The first kappa shape index (κ1) is 22.9. The van der Waals surface area contributed by atoms with E-state index in [0.29, 0.717) is 41.2 Å². The zero-order valence-corrected chi connectivity index (χ0v) is 19.2. The van der Waals surface area contributed by atoms with Gasteiger partial charge in [0.25, 0.3) is 5.91 Å². The van der Waals surface area contributed by atoms with Crippen LogP contribution in [0, 0.1) is 5.92 Å². The number of hydrogen-bond acceptors (Lipinski definition) is 7. The monoisotopic (exact) mass is 459 g/mol. The highest BCUT2D eigenvalue weighted by atomic mass is 35.5. The third kappa shape index (κ3) is 5.95. The van der Waals surface area contributed by atoms with Gasteiger partial charge in [0, 0.05) is 38.0 Å². The second-order valence-corrected chi connectivity index (χ2v) is 9.27. The molecule has 9 heteroatoms. The van der Waals surface area contributed by atoms with E-state index in [0.717, 1.165) is 38.4 Å². The number of ether oxygens (including phenoxy) is 2. The molecule has 2 aromatic heterocycles.